The van der Waals surface area contributed by atoms with Crippen molar-refractivity contribution in [2.45, 2.75) is 13.5 Å². The molecule has 1 N–H and O–H groups in total. The first kappa shape index (κ1) is 20.9. The number of carboxylic acids is 1. The lowest BCUT2D eigenvalue weighted by Gasteiger charge is -2.12. The Bertz CT molecular complexity index is 985. The van der Waals surface area contributed by atoms with E-state index in [2.05, 4.69) is 0 Å². The molecule has 8 heteroatoms. The molecule has 1 saturated heterocycles. The zero-order valence-corrected chi connectivity index (χ0v) is 17.5. The zero-order valence-electron chi connectivity index (χ0n) is 15.9. The number of rotatable bonds is 7. The van der Waals surface area contributed by atoms with Gasteiger partial charge < -0.3 is 14.6 Å². The van der Waals surface area contributed by atoms with E-state index in [9.17, 15) is 9.59 Å². The maximum atomic E-state index is 12.4. The number of carbonyl (C=O) groups is 2. The molecule has 0 atom stereocenters. The summed E-state index contributed by atoms with van der Waals surface area (Å²) >= 11 is 6.20. The van der Waals surface area contributed by atoms with E-state index in [1.165, 1.54) is 5.56 Å². The Balaban J connectivity index is 1.80. The van der Waals surface area contributed by atoms with Gasteiger partial charge in [0.2, 0.25) is 0 Å². The molecule has 29 heavy (non-hydrogen) atoms. The van der Waals surface area contributed by atoms with E-state index in [4.69, 9.17) is 26.8 Å². The molecule has 2 aromatic rings. The first-order valence-corrected chi connectivity index (χ1v) is 9.93. The Morgan fingerprint density at radius 2 is 1.93 bits per heavy atom. The Labute approximate surface area is 178 Å². The minimum absolute atomic E-state index is 0.230. The van der Waals surface area contributed by atoms with Gasteiger partial charge in [0, 0.05) is 0 Å². The number of methoxy groups -OCH3 is 1. The molecule has 1 heterocycles. The SMILES string of the molecule is COc1ccc(/C=C2\SC(=S)N(CC(=O)O)C2=O)cc1OCc1ccc(C)cc1. The maximum Gasteiger partial charge on any atom is 0.323 e. The monoisotopic (exact) mass is 429 g/mol. The number of ether oxygens (including phenoxy) is 2. The Morgan fingerprint density at radius 1 is 1.21 bits per heavy atom. The van der Waals surface area contributed by atoms with Crippen molar-refractivity contribution in [3.8, 4) is 11.5 Å². The highest BCUT2D eigenvalue weighted by atomic mass is 32.2. The second-order valence-electron chi connectivity index (χ2n) is 6.35. The number of hydrogen-bond acceptors (Lipinski definition) is 6. The number of thioether (sulfide) groups is 1. The van der Waals surface area contributed by atoms with Crippen LogP contribution in [-0.4, -0.2) is 39.9 Å². The number of thiocarbonyl (C=S) groups is 1. The first-order chi connectivity index (χ1) is 13.9. The van der Waals surface area contributed by atoms with Gasteiger partial charge in [-0.05, 0) is 36.3 Å². The van der Waals surface area contributed by atoms with Gasteiger partial charge in [0.1, 0.15) is 17.5 Å². The summed E-state index contributed by atoms with van der Waals surface area (Å²) in [6.45, 7) is 1.95. The van der Waals surface area contributed by atoms with Gasteiger partial charge in [0.05, 0.1) is 12.0 Å². The number of amides is 1. The largest absolute Gasteiger partial charge is 0.493 e. The van der Waals surface area contributed by atoms with Crippen LogP contribution in [0.4, 0.5) is 0 Å². The van der Waals surface area contributed by atoms with Gasteiger partial charge in [-0.3, -0.25) is 14.5 Å². The van der Waals surface area contributed by atoms with Crippen LogP contribution < -0.4 is 9.47 Å². The molecule has 0 unspecified atom stereocenters. The third kappa shape index (κ3) is 5.16. The van der Waals surface area contributed by atoms with Crippen LogP contribution in [0.1, 0.15) is 16.7 Å². The second-order valence-corrected chi connectivity index (χ2v) is 8.02. The summed E-state index contributed by atoms with van der Waals surface area (Å²) in [6, 6.07) is 13.4. The van der Waals surface area contributed by atoms with E-state index in [1.54, 1.807) is 31.4 Å². The first-order valence-electron chi connectivity index (χ1n) is 8.71. The van der Waals surface area contributed by atoms with Crippen LogP contribution in [0.3, 0.4) is 0 Å². The minimum Gasteiger partial charge on any atom is -0.493 e. The topological polar surface area (TPSA) is 76.1 Å². The van der Waals surface area contributed by atoms with Crippen LogP contribution in [-0.2, 0) is 16.2 Å². The zero-order chi connectivity index (χ0) is 21.0. The van der Waals surface area contributed by atoms with Crippen molar-refractivity contribution in [2.75, 3.05) is 13.7 Å². The number of nitrogens with zero attached hydrogens (tertiary/aromatic N) is 1. The summed E-state index contributed by atoms with van der Waals surface area (Å²) in [4.78, 5) is 24.8. The summed E-state index contributed by atoms with van der Waals surface area (Å²) in [6.07, 6.45) is 1.67. The van der Waals surface area contributed by atoms with Crippen LogP contribution in [0.5, 0.6) is 11.5 Å². The van der Waals surface area contributed by atoms with Crippen LogP contribution in [0, 0.1) is 6.92 Å². The molecule has 3 rings (SSSR count). The number of hydrogen-bond donors (Lipinski definition) is 1. The van der Waals surface area contributed by atoms with Crippen LogP contribution in [0.2, 0.25) is 0 Å². The maximum absolute atomic E-state index is 12.4. The predicted molar refractivity (Wildman–Crippen MR) is 116 cm³/mol. The van der Waals surface area contributed by atoms with Crippen molar-refractivity contribution >= 4 is 46.3 Å². The summed E-state index contributed by atoms with van der Waals surface area (Å²) in [5, 5.41) is 8.94. The van der Waals surface area contributed by atoms with Crippen molar-refractivity contribution in [1.29, 1.82) is 0 Å². The molecule has 1 amide bonds. The van der Waals surface area contributed by atoms with Gasteiger partial charge in [0.25, 0.3) is 5.91 Å². The summed E-state index contributed by atoms with van der Waals surface area (Å²) < 4.78 is 11.5. The van der Waals surface area contributed by atoms with E-state index in [0.29, 0.717) is 23.0 Å². The molecule has 0 spiro atoms. The Morgan fingerprint density at radius 3 is 2.59 bits per heavy atom. The third-order valence-corrected chi connectivity index (χ3v) is 5.55. The van der Waals surface area contributed by atoms with Gasteiger partial charge >= 0.3 is 5.97 Å². The highest BCUT2D eigenvalue weighted by Gasteiger charge is 2.33. The minimum atomic E-state index is -1.11. The molecule has 0 bridgehead atoms. The highest BCUT2D eigenvalue weighted by molar-refractivity contribution is 8.26. The van der Waals surface area contributed by atoms with Gasteiger partial charge in [-0.1, -0.05) is 59.9 Å². The van der Waals surface area contributed by atoms with E-state index >= 15 is 0 Å². The molecule has 0 aromatic heterocycles. The summed E-state index contributed by atoms with van der Waals surface area (Å²) in [7, 11) is 1.56. The van der Waals surface area contributed by atoms with Crippen molar-refractivity contribution < 1.29 is 24.2 Å². The summed E-state index contributed by atoms with van der Waals surface area (Å²) in [5.41, 5.74) is 2.92. The Kier molecular flexibility index (Phi) is 6.56. The third-order valence-electron chi connectivity index (χ3n) is 4.17. The number of aliphatic carboxylic acids is 1. The van der Waals surface area contributed by atoms with Crippen molar-refractivity contribution in [1.82, 2.24) is 4.90 Å². The Hall–Kier alpha value is -2.84. The number of carbonyl (C=O) groups excluding carboxylic acids is 1. The number of aryl methyl sites for hydroxylation is 1. The molecule has 0 radical (unpaired) electrons. The molecule has 1 fully saturated rings. The summed E-state index contributed by atoms with van der Waals surface area (Å²) in [5.74, 6) is -0.408. The van der Waals surface area contributed by atoms with E-state index in [-0.39, 0.29) is 4.32 Å². The number of carboxylic acid groups (broad SMARTS) is 1. The van der Waals surface area contributed by atoms with Crippen LogP contribution in [0.15, 0.2) is 47.4 Å². The smallest absolute Gasteiger partial charge is 0.323 e. The normalized spacial score (nSPS) is 15.1. The van der Waals surface area contributed by atoms with Crippen LogP contribution in [0.25, 0.3) is 6.08 Å². The van der Waals surface area contributed by atoms with Crippen molar-refractivity contribution in [3.63, 3.8) is 0 Å². The fraction of sp³-hybridized carbons (Fsp3) is 0.190. The predicted octanol–water partition coefficient (Wildman–Crippen LogP) is 3.87. The van der Waals surface area contributed by atoms with Gasteiger partial charge in [0.15, 0.2) is 11.5 Å². The van der Waals surface area contributed by atoms with E-state index < -0.39 is 18.4 Å². The molecule has 1 aliphatic heterocycles. The lowest BCUT2D eigenvalue weighted by Crippen LogP contribution is -2.33. The molecular formula is C21H19NO5S2. The standard InChI is InChI=1S/C21H19NO5S2/c1-13-3-5-14(6-4-13)12-27-17-9-15(7-8-16(17)26-2)10-18-20(25)22(11-19(23)24)21(28)29-18/h3-10H,11-12H2,1-2H3,(H,23,24)/b18-10-. The van der Waals surface area contributed by atoms with Crippen molar-refractivity contribution in [2.24, 2.45) is 0 Å². The lowest BCUT2D eigenvalue weighted by molar-refractivity contribution is -0.140. The van der Waals surface area contributed by atoms with Crippen molar-refractivity contribution in [3.05, 3.63) is 64.1 Å². The molecular weight excluding hydrogens is 410 g/mol. The van der Waals surface area contributed by atoms with Crippen LogP contribution >= 0.6 is 24.0 Å². The average molecular weight is 430 g/mol. The highest BCUT2D eigenvalue weighted by Crippen LogP contribution is 2.34. The average Bonchev–Trinajstić information content (AvgIpc) is 2.94. The molecule has 0 aliphatic carbocycles. The van der Waals surface area contributed by atoms with E-state index in [0.717, 1.165) is 27.8 Å². The molecule has 150 valence electrons. The fourth-order valence-electron chi connectivity index (χ4n) is 2.66. The lowest BCUT2D eigenvalue weighted by atomic mass is 10.1. The molecule has 0 saturated carbocycles. The molecule has 1 aliphatic rings. The van der Waals surface area contributed by atoms with Gasteiger partial charge in [-0.15, -0.1) is 0 Å². The second kappa shape index (κ2) is 9.11. The number of benzene rings is 2. The van der Waals surface area contributed by atoms with Gasteiger partial charge in [-0.2, -0.15) is 0 Å². The molecule has 6 nitrogen and oxygen atoms in total. The van der Waals surface area contributed by atoms with E-state index in [1.807, 2.05) is 31.2 Å². The fourth-order valence-corrected chi connectivity index (χ4v) is 3.92. The molecule has 2 aromatic carbocycles. The quantitative estimate of drug-likeness (QED) is 0.529. The van der Waals surface area contributed by atoms with Gasteiger partial charge in [-0.25, -0.2) is 0 Å².